The average Bonchev–Trinajstić information content (AvgIpc) is 2.95. The van der Waals surface area contributed by atoms with Crippen LogP contribution in [0.15, 0.2) is 29.4 Å². The van der Waals surface area contributed by atoms with Crippen LogP contribution in [0.3, 0.4) is 0 Å². The van der Waals surface area contributed by atoms with Crippen molar-refractivity contribution in [3.63, 3.8) is 0 Å². The van der Waals surface area contributed by atoms with Gasteiger partial charge in [0.15, 0.2) is 0 Å². The summed E-state index contributed by atoms with van der Waals surface area (Å²) < 4.78 is 12.5. The Kier molecular flexibility index (Phi) is 3.77. The van der Waals surface area contributed by atoms with Gasteiger partial charge in [-0.3, -0.25) is 0 Å². The molecule has 2 aliphatic heterocycles. The minimum Gasteiger partial charge on any atom is -0.411 e. The van der Waals surface area contributed by atoms with Crippen LogP contribution in [0.25, 0.3) is 0 Å². The minimum atomic E-state index is -0.472. The van der Waals surface area contributed by atoms with Gasteiger partial charge in [0.25, 0.3) is 0 Å². The maximum atomic E-state index is 9.31. The van der Waals surface area contributed by atoms with Gasteiger partial charge in [0, 0.05) is 12.8 Å². The molecule has 4 heteroatoms. The van der Waals surface area contributed by atoms with E-state index in [1.54, 1.807) is 0 Å². The zero-order valence-corrected chi connectivity index (χ0v) is 13.8. The molecule has 3 rings (SSSR count). The van der Waals surface area contributed by atoms with Crippen LogP contribution in [0.1, 0.15) is 44.7 Å². The van der Waals surface area contributed by atoms with E-state index in [9.17, 15) is 5.21 Å². The highest BCUT2D eigenvalue weighted by atomic mass is 16.6. The molecule has 2 saturated heterocycles. The topological polar surface area (TPSA) is 51.0 Å². The molecule has 120 valence electrons. The van der Waals surface area contributed by atoms with Crippen LogP contribution in [-0.4, -0.2) is 28.2 Å². The molecule has 0 amide bonds. The van der Waals surface area contributed by atoms with Crippen molar-refractivity contribution in [2.24, 2.45) is 11.1 Å². The van der Waals surface area contributed by atoms with E-state index < -0.39 is 11.2 Å². The summed E-state index contributed by atoms with van der Waals surface area (Å²) >= 11 is 0. The Hall–Kier alpha value is -1.39. The maximum Gasteiger partial charge on any atom is 0.115 e. The van der Waals surface area contributed by atoms with E-state index in [-0.39, 0.29) is 12.0 Å². The van der Waals surface area contributed by atoms with E-state index in [0.717, 1.165) is 12.1 Å². The third kappa shape index (κ3) is 2.25. The first-order valence-corrected chi connectivity index (χ1v) is 7.99. The zero-order valence-electron chi connectivity index (χ0n) is 13.8. The lowest BCUT2D eigenvalue weighted by atomic mass is 9.74. The van der Waals surface area contributed by atoms with Gasteiger partial charge in [0.2, 0.25) is 0 Å². The van der Waals surface area contributed by atoms with E-state index in [1.165, 1.54) is 11.1 Å². The monoisotopic (exact) mass is 303 g/mol. The van der Waals surface area contributed by atoms with Crippen molar-refractivity contribution in [3.05, 3.63) is 35.4 Å². The molecule has 2 aliphatic rings. The zero-order chi connectivity index (χ0) is 16.0. The highest BCUT2D eigenvalue weighted by Crippen LogP contribution is 2.53. The fourth-order valence-electron chi connectivity index (χ4n) is 3.83. The van der Waals surface area contributed by atoms with Crippen LogP contribution in [0.4, 0.5) is 0 Å². The molecule has 0 spiro atoms. The van der Waals surface area contributed by atoms with Crippen molar-refractivity contribution in [2.45, 2.75) is 64.4 Å². The van der Waals surface area contributed by atoms with E-state index in [1.807, 2.05) is 12.1 Å². The molecule has 3 atom stereocenters. The van der Waals surface area contributed by atoms with E-state index >= 15 is 0 Å². The van der Waals surface area contributed by atoms with Gasteiger partial charge in [-0.05, 0) is 30.9 Å². The van der Waals surface area contributed by atoms with E-state index in [0.29, 0.717) is 13.0 Å². The summed E-state index contributed by atoms with van der Waals surface area (Å²) in [5, 5.41) is 12.8. The van der Waals surface area contributed by atoms with Crippen LogP contribution in [0.2, 0.25) is 0 Å². The van der Waals surface area contributed by atoms with Crippen molar-refractivity contribution >= 4 is 5.71 Å². The molecule has 2 fully saturated rings. The molecule has 1 N–H and O–H groups in total. The Balaban J connectivity index is 1.77. The summed E-state index contributed by atoms with van der Waals surface area (Å²) in [7, 11) is 0. The lowest BCUT2D eigenvalue weighted by Crippen LogP contribution is -2.44. The number of aryl methyl sites for hydroxylation is 1. The molecular formula is C18H25NO3. The van der Waals surface area contributed by atoms with Gasteiger partial charge in [0.05, 0.1) is 24.0 Å². The summed E-state index contributed by atoms with van der Waals surface area (Å²) in [6, 6.07) is 8.28. The fraction of sp³-hybridized carbons (Fsp3) is 0.611. The van der Waals surface area contributed by atoms with Gasteiger partial charge >= 0.3 is 0 Å². The van der Waals surface area contributed by atoms with Crippen LogP contribution in [0, 0.1) is 12.8 Å². The first kappa shape index (κ1) is 15.5. The first-order valence-electron chi connectivity index (χ1n) is 7.99. The largest absolute Gasteiger partial charge is 0.411 e. The van der Waals surface area contributed by atoms with Gasteiger partial charge in [-0.1, -0.05) is 43.3 Å². The van der Waals surface area contributed by atoms with Gasteiger partial charge in [-0.2, -0.15) is 0 Å². The highest BCUT2D eigenvalue weighted by Gasteiger charge is 2.64. The second-order valence-corrected chi connectivity index (χ2v) is 7.11. The van der Waals surface area contributed by atoms with Gasteiger partial charge in [-0.15, -0.1) is 0 Å². The quantitative estimate of drug-likeness (QED) is 0.682. The molecule has 0 unspecified atom stereocenters. The number of benzene rings is 1. The summed E-state index contributed by atoms with van der Waals surface area (Å²) in [5.74, 6) is 0.257. The minimum absolute atomic E-state index is 0.0278. The third-order valence-corrected chi connectivity index (χ3v) is 5.35. The Morgan fingerprint density at radius 2 is 2.14 bits per heavy atom. The lowest BCUT2D eigenvalue weighted by molar-refractivity contribution is -0.0928. The first-order chi connectivity index (χ1) is 10.4. The normalized spacial score (nSPS) is 35.7. The Morgan fingerprint density at radius 1 is 1.41 bits per heavy atom. The molecule has 1 aromatic carbocycles. The molecule has 0 aromatic heterocycles. The number of fused-ring (bicyclic) bond motifs is 2. The molecular weight excluding hydrogens is 278 g/mol. The smallest absolute Gasteiger partial charge is 0.115 e. The summed E-state index contributed by atoms with van der Waals surface area (Å²) in [6.07, 6.45) is 1.42. The van der Waals surface area contributed by atoms with Crippen molar-refractivity contribution < 1.29 is 14.7 Å². The number of nitrogens with zero attached hydrogens (tertiary/aromatic N) is 1. The van der Waals surface area contributed by atoms with Crippen LogP contribution >= 0.6 is 0 Å². The second kappa shape index (κ2) is 5.36. The maximum absolute atomic E-state index is 9.31. The Bertz CT molecular complexity index is 598. The van der Waals surface area contributed by atoms with Gasteiger partial charge in [0.1, 0.15) is 5.60 Å². The number of rotatable bonds is 4. The Morgan fingerprint density at radius 3 is 2.77 bits per heavy atom. The Labute approximate surface area is 132 Å². The molecule has 1 aromatic rings. The van der Waals surface area contributed by atoms with E-state index in [4.69, 9.17) is 9.47 Å². The van der Waals surface area contributed by atoms with Crippen LogP contribution in [-0.2, 0) is 16.1 Å². The van der Waals surface area contributed by atoms with Gasteiger partial charge in [-0.25, -0.2) is 0 Å². The second-order valence-electron chi connectivity index (χ2n) is 7.11. The third-order valence-electron chi connectivity index (χ3n) is 5.35. The predicted octanol–water partition coefficient (Wildman–Crippen LogP) is 3.69. The summed E-state index contributed by atoms with van der Waals surface area (Å²) in [4.78, 5) is 0. The molecule has 0 saturated carbocycles. The lowest BCUT2D eigenvalue weighted by Gasteiger charge is -2.32. The predicted molar refractivity (Wildman–Crippen MR) is 85.3 cm³/mol. The molecule has 0 aliphatic carbocycles. The van der Waals surface area contributed by atoms with Crippen molar-refractivity contribution in [1.29, 1.82) is 0 Å². The van der Waals surface area contributed by atoms with E-state index in [2.05, 4.69) is 45.0 Å². The standard InChI is InChI=1S/C18H25NO3/c1-12(2)18-10-16(17(4,22-18)9-15(18)19-20)21-11-14-8-6-5-7-13(14)3/h5-8,12,16,20H,9-11H2,1-4H3/b19-15+/t16-,17+,18-/m1/s1. The molecule has 0 radical (unpaired) electrons. The number of oxime groups is 1. The molecule has 22 heavy (non-hydrogen) atoms. The summed E-state index contributed by atoms with van der Waals surface area (Å²) in [5.41, 5.74) is 2.35. The molecule has 2 bridgehead atoms. The SMILES string of the molecule is Cc1ccccc1CO[C@@H]1C[C@]2(C(C)C)O[C@@]1(C)C/C2=N\O. The van der Waals surface area contributed by atoms with Crippen molar-refractivity contribution in [2.75, 3.05) is 0 Å². The number of hydrogen-bond donors (Lipinski definition) is 1. The van der Waals surface area contributed by atoms with Crippen molar-refractivity contribution in [1.82, 2.24) is 0 Å². The number of ether oxygens (including phenoxy) is 2. The summed E-state index contributed by atoms with van der Waals surface area (Å²) in [6.45, 7) is 8.99. The van der Waals surface area contributed by atoms with Crippen molar-refractivity contribution in [3.8, 4) is 0 Å². The highest BCUT2D eigenvalue weighted by molar-refractivity contribution is 5.96. The van der Waals surface area contributed by atoms with Crippen LogP contribution in [0.5, 0.6) is 0 Å². The average molecular weight is 303 g/mol. The fourth-order valence-corrected chi connectivity index (χ4v) is 3.83. The van der Waals surface area contributed by atoms with Crippen LogP contribution < -0.4 is 0 Å². The molecule has 4 nitrogen and oxygen atoms in total. The van der Waals surface area contributed by atoms with Gasteiger partial charge < -0.3 is 14.7 Å². The number of hydrogen-bond acceptors (Lipinski definition) is 4. The molecule has 2 heterocycles.